The summed E-state index contributed by atoms with van der Waals surface area (Å²) in [4.78, 5) is 12.2. The fraction of sp³-hybridized carbons (Fsp3) is 0.533. The van der Waals surface area contributed by atoms with Gasteiger partial charge in [-0.05, 0) is 37.5 Å². The number of carbonyl (C=O) groups excluding carboxylic acids is 1. The number of halogens is 2. The van der Waals surface area contributed by atoms with Crippen molar-refractivity contribution in [1.82, 2.24) is 5.32 Å². The number of amides is 1. The van der Waals surface area contributed by atoms with Crippen LogP contribution >= 0.6 is 11.6 Å². The SMILES string of the molecule is Cc1ccc(F)cc1C(=O)NC1CCCCCC1Cl. The molecule has 0 spiro atoms. The van der Waals surface area contributed by atoms with Crippen LogP contribution in [-0.2, 0) is 0 Å². The molecule has 0 heterocycles. The summed E-state index contributed by atoms with van der Waals surface area (Å²) in [6.45, 7) is 1.81. The van der Waals surface area contributed by atoms with E-state index in [0.717, 1.165) is 37.7 Å². The largest absolute Gasteiger partial charge is 0.348 e. The Morgan fingerprint density at radius 1 is 1.32 bits per heavy atom. The maximum atomic E-state index is 13.2. The maximum Gasteiger partial charge on any atom is 0.251 e. The third-order valence-electron chi connectivity index (χ3n) is 3.69. The van der Waals surface area contributed by atoms with Crippen molar-refractivity contribution in [3.63, 3.8) is 0 Å². The second-order valence-electron chi connectivity index (χ2n) is 5.19. The molecule has 2 unspecified atom stereocenters. The highest BCUT2D eigenvalue weighted by Crippen LogP contribution is 2.23. The van der Waals surface area contributed by atoms with Crippen LogP contribution in [0, 0.1) is 12.7 Å². The molecule has 0 bridgehead atoms. The van der Waals surface area contributed by atoms with Crippen molar-refractivity contribution in [2.45, 2.75) is 50.4 Å². The van der Waals surface area contributed by atoms with Gasteiger partial charge in [0.25, 0.3) is 5.91 Å². The number of carbonyl (C=O) groups is 1. The van der Waals surface area contributed by atoms with Gasteiger partial charge in [0.15, 0.2) is 0 Å². The van der Waals surface area contributed by atoms with Gasteiger partial charge in [0.05, 0.1) is 5.38 Å². The summed E-state index contributed by atoms with van der Waals surface area (Å²) < 4.78 is 13.2. The van der Waals surface area contributed by atoms with Gasteiger partial charge in [-0.15, -0.1) is 11.6 Å². The lowest BCUT2D eigenvalue weighted by Gasteiger charge is -2.21. The van der Waals surface area contributed by atoms with Crippen molar-refractivity contribution in [3.05, 3.63) is 35.1 Å². The molecule has 0 radical (unpaired) electrons. The molecule has 2 atom stereocenters. The van der Waals surface area contributed by atoms with Crippen molar-refractivity contribution < 1.29 is 9.18 Å². The number of alkyl halides is 1. The first-order valence-electron chi connectivity index (χ1n) is 6.79. The highest BCUT2D eigenvalue weighted by molar-refractivity contribution is 6.21. The zero-order valence-corrected chi connectivity index (χ0v) is 11.8. The van der Waals surface area contributed by atoms with Crippen LogP contribution in [0.15, 0.2) is 18.2 Å². The van der Waals surface area contributed by atoms with E-state index in [9.17, 15) is 9.18 Å². The van der Waals surface area contributed by atoms with Gasteiger partial charge in [-0.3, -0.25) is 4.79 Å². The van der Waals surface area contributed by atoms with Crippen molar-refractivity contribution in [1.29, 1.82) is 0 Å². The molecule has 0 aromatic heterocycles. The quantitative estimate of drug-likeness (QED) is 0.649. The van der Waals surface area contributed by atoms with E-state index in [2.05, 4.69) is 5.32 Å². The van der Waals surface area contributed by atoms with Crippen molar-refractivity contribution in [2.24, 2.45) is 0 Å². The highest BCUT2D eigenvalue weighted by atomic mass is 35.5. The molecule has 2 nitrogen and oxygen atoms in total. The van der Waals surface area contributed by atoms with Crippen LogP contribution in [-0.4, -0.2) is 17.3 Å². The minimum absolute atomic E-state index is 0.0145. The average Bonchev–Trinajstić information content (AvgIpc) is 2.58. The predicted octanol–water partition coefficient (Wildman–Crippen LogP) is 3.80. The van der Waals surface area contributed by atoms with Crippen LogP contribution in [0.5, 0.6) is 0 Å². The lowest BCUT2D eigenvalue weighted by atomic mass is 10.1. The second kappa shape index (κ2) is 6.38. The summed E-state index contributed by atoms with van der Waals surface area (Å²) in [5, 5.41) is 2.93. The van der Waals surface area contributed by atoms with Gasteiger partial charge < -0.3 is 5.32 Å². The molecule has 1 aliphatic carbocycles. The normalized spacial score (nSPS) is 23.7. The maximum absolute atomic E-state index is 13.2. The second-order valence-corrected chi connectivity index (χ2v) is 5.75. The third kappa shape index (κ3) is 3.69. The lowest BCUT2D eigenvalue weighted by Crippen LogP contribution is -2.40. The van der Waals surface area contributed by atoms with E-state index in [1.807, 2.05) is 0 Å². The number of rotatable bonds is 2. The molecule has 0 aliphatic heterocycles. The summed E-state index contributed by atoms with van der Waals surface area (Å²) in [5.41, 5.74) is 1.17. The fourth-order valence-corrected chi connectivity index (χ4v) is 2.85. The Morgan fingerprint density at radius 3 is 2.84 bits per heavy atom. The minimum Gasteiger partial charge on any atom is -0.348 e. The molecular formula is C15H19ClFNO. The predicted molar refractivity (Wildman–Crippen MR) is 75.1 cm³/mol. The summed E-state index contributed by atoms with van der Waals surface area (Å²) >= 11 is 6.30. The minimum atomic E-state index is -0.390. The van der Waals surface area contributed by atoms with Crippen molar-refractivity contribution >= 4 is 17.5 Å². The van der Waals surface area contributed by atoms with E-state index in [-0.39, 0.29) is 23.1 Å². The van der Waals surface area contributed by atoms with E-state index < -0.39 is 0 Å². The van der Waals surface area contributed by atoms with Gasteiger partial charge in [-0.25, -0.2) is 4.39 Å². The summed E-state index contributed by atoms with van der Waals surface area (Å²) in [5.74, 6) is -0.617. The fourth-order valence-electron chi connectivity index (χ4n) is 2.51. The molecule has 1 fully saturated rings. The van der Waals surface area contributed by atoms with Gasteiger partial charge >= 0.3 is 0 Å². The molecule has 0 saturated heterocycles. The van der Waals surface area contributed by atoms with E-state index in [1.165, 1.54) is 12.1 Å². The number of benzene rings is 1. The summed E-state index contributed by atoms with van der Waals surface area (Å²) in [7, 11) is 0. The first kappa shape index (κ1) is 14.3. The van der Waals surface area contributed by atoms with E-state index in [4.69, 9.17) is 11.6 Å². The topological polar surface area (TPSA) is 29.1 Å². The zero-order valence-electron chi connectivity index (χ0n) is 11.1. The molecule has 1 aromatic rings. The molecule has 104 valence electrons. The van der Waals surface area contributed by atoms with Gasteiger partial charge in [0.2, 0.25) is 0 Å². The molecule has 1 N–H and O–H groups in total. The zero-order chi connectivity index (χ0) is 13.8. The van der Waals surface area contributed by atoms with Crippen LogP contribution in [0.3, 0.4) is 0 Å². The summed E-state index contributed by atoms with van der Waals surface area (Å²) in [6, 6.07) is 4.25. The van der Waals surface area contributed by atoms with Crippen LogP contribution in [0.25, 0.3) is 0 Å². The van der Waals surface area contributed by atoms with Crippen LogP contribution in [0.1, 0.15) is 48.0 Å². The lowest BCUT2D eigenvalue weighted by molar-refractivity contribution is 0.0933. The van der Waals surface area contributed by atoms with E-state index in [1.54, 1.807) is 13.0 Å². The summed E-state index contributed by atoms with van der Waals surface area (Å²) in [6.07, 6.45) is 5.17. The first-order chi connectivity index (χ1) is 9.08. The third-order valence-corrected chi connectivity index (χ3v) is 4.21. The first-order valence-corrected chi connectivity index (χ1v) is 7.22. The smallest absolute Gasteiger partial charge is 0.251 e. The molecule has 1 aromatic carbocycles. The molecule has 1 amide bonds. The molecular weight excluding hydrogens is 265 g/mol. The Bertz CT molecular complexity index is 463. The van der Waals surface area contributed by atoms with Crippen LogP contribution in [0.2, 0.25) is 0 Å². The Balaban J connectivity index is 2.09. The molecule has 2 rings (SSSR count). The monoisotopic (exact) mass is 283 g/mol. The van der Waals surface area contributed by atoms with Crippen molar-refractivity contribution in [2.75, 3.05) is 0 Å². The van der Waals surface area contributed by atoms with E-state index in [0.29, 0.717) is 5.56 Å². The van der Waals surface area contributed by atoms with Gasteiger partial charge in [-0.1, -0.05) is 25.3 Å². The number of hydrogen-bond acceptors (Lipinski definition) is 1. The standard InChI is InChI=1S/C15H19ClFNO/c1-10-7-8-11(17)9-12(10)15(19)18-14-6-4-2-3-5-13(14)16/h7-9,13-14H,2-6H2,1H3,(H,18,19). The number of nitrogens with one attached hydrogen (secondary N) is 1. The average molecular weight is 284 g/mol. The van der Waals surface area contributed by atoms with E-state index >= 15 is 0 Å². The van der Waals surface area contributed by atoms with Crippen LogP contribution < -0.4 is 5.32 Å². The highest BCUT2D eigenvalue weighted by Gasteiger charge is 2.24. The number of hydrogen-bond donors (Lipinski definition) is 1. The van der Waals surface area contributed by atoms with Gasteiger partial charge in [0, 0.05) is 11.6 Å². The van der Waals surface area contributed by atoms with Crippen LogP contribution in [0.4, 0.5) is 4.39 Å². The molecule has 19 heavy (non-hydrogen) atoms. The van der Waals surface area contributed by atoms with Crippen molar-refractivity contribution in [3.8, 4) is 0 Å². The van der Waals surface area contributed by atoms with Gasteiger partial charge in [0.1, 0.15) is 5.82 Å². The molecule has 1 saturated carbocycles. The number of aryl methyl sites for hydroxylation is 1. The Kier molecular flexibility index (Phi) is 4.81. The Hall–Kier alpha value is -1.09. The Morgan fingerprint density at radius 2 is 2.05 bits per heavy atom. The molecule has 1 aliphatic rings. The Labute approximate surface area is 118 Å². The van der Waals surface area contributed by atoms with Gasteiger partial charge in [-0.2, -0.15) is 0 Å². The molecule has 4 heteroatoms.